The first-order chi connectivity index (χ1) is 9.65. The minimum absolute atomic E-state index is 0.226. The summed E-state index contributed by atoms with van der Waals surface area (Å²) >= 11 is 0. The lowest BCUT2D eigenvalue weighted by Crippen LogP contribution is -2.49. The number of hydrogen-bond acceptors (Lipinski definition) is 3. The van der Waals surface area contributed by atoms with Crippen LogP contribution in [0.1, 0.15) is 37.9 Å². The Kier molecular flexibility index (Phi) is 5.58. The smallest absolute Gasteiger partial charge is 0.0896 e. The summed E-state index contributed by atoms with van der Waals surface area (Å²) in [5.74, 6) is 0. The van der Waals surface area contributed by atoms with Crippen molar-refractivity contribution in [2.24, 2.45) is 0 Å². The van der Waals surface area contributed by atoms with Gasteiger partial charge >= 0.3 is 0 Å². The molecule has 0 bridgehead atoms. The van der Waals surface area contributed by atoms with Crippen molar-refractivity contribution in [1.82, 2.24) is 10.2 Å². The summed E-state index contributed by atoms with van der Waals surface area (Å²) < 4.78 is 6.02. The van der Waals surface area contributed by atoms with E-state index < -0.39 is 0 Å². The number of aryl methyl sites for hydroxylation is 1. The molecule has 0 amide bonds. The number of nitrogens with one attached hydrogen (secondary N) is 1. The fourth-order valence-corrected chi connectivity index (χ4v) is 2.89. The summed E-state index contributed by atoms with van der Waals surface area (Å²) in [5, 5.41) is 3.43. The average molecular weight is 276 g/mol. The van der Waals surface area contributed by atoms with E-state index in [-0.39, 0.29) is 12.1 Å². The van der Waals surface area contributed by atoms with E-state index in [0.717, 1.165) is 26.1 Å². The molecule has 1 N–H and O–H groups in total. The standard InChI is InChI=1S/C17H28N2O/c1-5-14-6-8-15(9-7-14)17(18-4)16-12-19(13(2)3)10-11-20-16/h6-9,13,16-18H,5,10-12H2,1-4H3. The molecule has 1 saturated heterocycles. The molecule has 2 unspecified atom stereocenters. The molecule has 1 aliphatic rings. The summed E-state index contributed by atoms with van der Waals surface area (Å²) in [4.78, 5) is 2.50. The fourth-order valence-electron chi connectivity index (χ4n) is 2.89. The molecule has 0 saturated carbocycles. The highest BCUT2D eigenvalue weighted by atomic mass is 16.5. The van der Waals surface area contributed by atoms with Crippen LogP contribution < -0.4 is 5.32 Å². The number of hydrogen-bond donors (Lipinski definition) is 1. The highest BCUT2D eigenvalue weighted by Crippen LogP contribution is 2.23. The number of morpholine rings is 1. The Morgan fingerprint density at radius 1 is 1.30 bits per heavy atom. The molecule has 0 radical (unpaired) electrons. The first kappa shape index (κ1) is 15.5. The fraction of sp³-hybridized carbons (Fsp3) is 0.647. The molecule has 3 heteroatoms. The van der Waals surface area contributed by atoms with E-state index in [4.69, 9.17) is 4.74 Å². The minimum atomic E-state index is 0.226. The van der Waals surface area contributed by atoms with Gasteiger partial charge in [-0.1, -0.05) is 31.2 Å². The van der Waals surface area contributed by atoms with Gasteiger partial charge < -0.3 is 10.1 Å². The Bertz CT molecular complexity index is 402. The van der Waals surface area contributed by atoms with Crippen LogP contribution in [0.15, 0.2) is 24.3 Å². The molecule has 1 aromatic carbocycles. The number of likely N-dealkylation sites (N-methyl/N-ethyl adjacent to an activating group) is 1. The van der Waals surface area contributed by atoms with Gasteiger partial charge in [-0.2, -0.15) is 0 Å². The summed E-state index contributed by atoms with van der Waals surface area (Å²) in [6, 6.07) is 9.77. The Hall–Kier alpha value is -0.900. The average Bonchev–Trinajstić information content (AvgIpc) is 2.49. The Morgan fingerprint density at radius 3 is 2.55 bits per heavy atom. The van der Waals surface area contributed by atoms with Crippen molar-refractivity contribution in [3.05, 3.63) is 35.4 Å². The van der Waals surface area contributed by atoms with Gasteiger partial charge in [0.25, 0.3) is 0 Å². The zero-order chi connectivity index (χ0) is 14.5. The van der Waals surface area contributed by atoms with E-state index in [1.165, 1.54) is 11.1 Å². The second-order valence-electron chi connectivity index (χ2n) is 5.86. The maximum atomic E-state index is 6.02. The second kappa shape index (κ2) is 7.21. The van der Waals surface area contributed by atoms with Gasteiger partial charge in [0.1, 0.15) is 0 Å². The van der Waals surface area contributed by atoms with Crippen LogP contribution in [-0.4, -0.2) is 43.8 Å². The van der Waals surface area contributed by atoms with E-state index >= 15 is 0 Å². The zero-order valence-electron chi connectivity index (χ0n) is 13.2. The maximum Gasteiger partial charge on any atom is 0.0896 e. The summed E-state index contributed by atoms with van der Waals surface area (Å²) in [6.07, 6.45) is 1.31. The highest BCUT2D eigenvalue weighted by molar-refractivity contribution is 5.26. The van der Waals surface area contributed by atoms with Gasteiger partial charge in [-0.25, -0.2) is 0 Å². The Labute approximate surface area is 123 Å². The SMILES string of the molecule is CCc1ccc(C(NC)C2CN(C(C)C)CCO2)cc1. The molecular formula is C17H28N2O. The van der Waals surface area contributed by atoms with E-state index in [2.05, 4.69) is 55.3 Å². The lowest BCUT2D eigenvalue weighted by molar-refractivity contribution is -0.0550. The van der Waals surface area contributed by atoms with Crippen molar-refractivity contribution in [3.63, 3.8) is 0 Å². The zero-order valence-corrected chi connectivity index (χ0v) is 13.2. The number of nitrogens with zero attached hydrogens (tertiary/aromatic N) is 1. The number of benzene rings is 1. The van der Waals surface area contributed by atoms with Crippen LogP contribution in [0.2, 0.25) is 0 Å². The Balaban J connectivity index is 2.10. The molecule has 112 valence electrons. The van der Waals surface area contributed by atoms with E-state index in [1.54, 1.807) is 0 Å². The first-order valence-electron chi connectivity index (χ1n) is 7.77. The molecule has 20 heavy (non-hydrogen) atoms. The molecule has 1 aromatic rings. The molecule has 1 aliphatic heterocycles. The predicted octanol–water partition coefficient (Wildman–Crippen LogP) is 2.62. The Morgan fingerprint density at radius 2 is 2.00 bits per heavy atom. The van der Waals surface area contributed by atoms with Crippen molar-refractivity contribution in [1.29, 1.82) is 0 Å². The maximum absolute atomic E-state index is 6.02. The second-order valence-corrected chi connectivity index (χ2v) is 5.86. The van der Waals surface area contributed by atoms with Crippen LogP contribution in [-0.2, 0) is 11.2 Å². The van der Waals surface area contributed by atoms with Crippen LogP contribution in [0.4, 0.5) is 0 Å². The third-order valence-corrected chi connectivity index (χ3v) is 4.29. The molecule has 1 heterocycles. The monoisotopic (exact) mass is 276 g/mol. The number of ether oxygens (including phenoxy) is 1. The quantitative estimate of drug-likeness (QED) is 0.895. The molecule has 2 atom stereocenters. The van der Waals surface area contributed by atoms with Crippen LogP contribution >= 0.6 is 0 Å². The molecule has 0 aliphatic carbocycles. The van der Waals surface area contributed by atoms with Crippen LogP contribution in [0, 0.1) is 0 Å². The number of rotatable bonds is 5. The van der Waals surface area contributed by atoms with Gasteiger partial charge in [-0.3, -0.25) is 4.90 Å². The van der Waals surface area contributed by atoms with E-state index in [9.17, 15) is 0 Å². The van der Waals surface area contributed by atoms with Crippen LogP contribution in [0.3, 0.4) is 0 Å². The largest absolute Gasteiger partial charge is 0.374 e. The predicted molar refractivity (Wildman–Crippen MR) is 84.1 cm³/mol. The van der Waals surface area contributed by atoms with E-state index in [1.807, 2.05) is 7.05 Å². The van der Waals surface area contributed by atoms with Crippen molar-refractivity contribution < 1.29 is 4.74 Å². The van der Waals surface area contributed by atoms with Crippen molar-refractivity contribution in [2.45, 2.75) is 45.4 Å². The summed E-state index contributed by atoms with van der Waals surface area (Å²) in [7, 11) is 2.02. The van der Waals surface area contributed by atoms with Crippen molar-refractivity contribution in [2.75, 3.05) is 26.7 Å². The normalized spacial score (nSPS) is 22.1. The van der Waals surface area contributed by atoms with Gasteiger partial charge in [0, 0.05) is 19.1 Å². The minimum Gasteiger partial charge on any atom is -0.374 e. The summed E-state index contributed by atoms with van der Waals surface area (Å²) in [6.45, 7) is 9.57. The molecular weight excluding hydrogens is 248 g/mol. The topological polar surface area (TPSA) is 24.5 Å². The van der Waals surface area contributed by atoms with Crippen LogP contribution in [0.5, 0.6) is 0 Å². The van der Waals surface area contributed by atoms with Gasteiger partial charge in [-0.05, 0) is 38.4 Å². The third kappa shape index (κ3) is 3.60. The molecule has 1 fully saturated rings. The van der Waals surface area contributed by atoms with E-state index in [0.29, 0.717) is 6.04 Å². The highest BCUT2D eigenvalue weighted by Gasteiger charge is 2.29. The van der Waals surface area contributed by atoms with Crippen molar-refractivity contribution in [3.8, 4) is 0 Å². The molecule has 0 aromatic heterocycles. The lowest BCUT2D eigenvalue weighted by Gasteiger charge is -2.39. The van der Waals surface area contributed by atoms with Gasteiger partial charge in [0.15, 0.2) is 0 Å². The van der Waals surface area contributed by atoms with Gasteiger partial charge in [0.05, 0.1) is 18.8 Å². The van der Waals surface area contributed by atoms with Gasteiger partial charge in [0.2, 0.25) is 0 Å². The molecule has 0 spiro atoms. The van der Waals surface area contributed by atoms with Gasteiger partial charge in [-0.15, -0.1) is 0 Å². The molecule has 2 rings (SSSR count). The third-order valence-electron chi connectivity index (χ3n) is 4.29. The summed E-state index contributed by atoms with van der Waals surface area (Å²) in [5.41, 5.74) is 2.71. The first-order valence-corrected chi connectivity index (χ1v) is 7.77. The van der Waals surface area contributed by atoms with Crippen molar-refractivity contribution >= 4 is 0 Å². The molecule has 3 nitrogen and oxygen atoms in total. The lowest BCUT2D eigenvalue weighted by atomic mass is 9.98. The van der Waals surface area contributed by atoms with Crippen LogP contribution in [0.25, 0.3) is 0 Å².